The van der Waals surface area contributed by atoms with Gasteiger partial charge in [-0.25, -0.2) is 13.6 Å². The molecule has 3 N–H and O–H groups in total. The first-order valence-electron chi connectivity index (χ1n) is 9.64. The number of urea groups is 1. The van der Waals surface area contributed by atoms with Gasteiger partial charge in [-0.15, -0.1) is 0 Å². The van der Waals surface area contributed by atoms with Crippen molar-refractivity contribution in [2.75, 3.05) is 11.9 Å². The summed E-state index contributed by atoms with van der Waals surface area (Å²) in [6.07, 6.45) is 1.91. The normalized spacial score (nSPS) is 12.0. The van der Waals surface area contributed by atoms with Crippen LogP contribution < -0.4 is 10.6 Å². The van der Waals surface area contributed by atoms with E-state index in [4.69, 9.17) is 0 Å². The van der Waals surface area contributed by atoms with Crippen molar-refractivity contribution in [2.45, 2.75) is 12.8 Å². The lowest BCUT2D eigenvalue weighted by Gasteiger charge is -2.18. The number of hydrogen-bond donors (Lipinski definition) is 3. The third-order valence-corrected chi connectivity index (χ3v) is 5.17. The predicted octanol–water partition coefficient (Wildman–Crippen LogP) is 5.71. The lowest BCUT2D eigenvalue weighted by Crippen LogP contribution is -2.32. The standard InChI is InChI=1S/C24H21F2N3O/c1-15-6-11-18(12-22(15)26)29-24(30)28-13-20(16-7-9-17(25)10-8-16)21-14-27-23-5-3-2-4-19(21)23/h2-12,14,20,27H,13H2,1H3,(H2,28,29,30). The van der Waals surface area contributed by atoms with Crippen LogP contribution >= 0.6 is 0 Å². The molecule has 6 heteroatoms. The fraction of sp³-hybridized carbons (Fsp3) is 0.125. The minimum Gasteiger partial charge on any atom is -0.361 e. The molecule has 0 fully saturated rings. The molecule has 30 heavy (non-hydrogen) atoms. The molecule has 0 spiro atoms. The molecular weight excluding hydrogens is 384 g/mol. The quantitative estimate of drug-likeness (QED) is 0.391. The summed E-state index contributed by atoms with van der Waals surface area (Å²) in [5, 5.41) is 6.54. The Labute approximate surface area is 172 Å². The topological polar surface area (TPSA) is 56.9 Å². The van der Waals surface area contributed by atoms with Gasteiger partial charge in [-0.2, -0.15) is 0 Å². The second-order valence-corrected chi connectivity index (χ2v) is 7.19. The number of amides is 2. The van der Waals surface area contributed by atoms with Crippen molar-refractivity contribution in [3.05, 3.63) is 101 Å². The molecular formula is C24H21F2N3O. The second kappa shape index (κ2) is 8.37. The van der Waals surface area contributed by atoms with Gasteiger partial charge in [0.25, 0.3) is 0 Å². The number of fused-ring (bicyclic) bond motifs is 1. The van der Waals surface area contributed by atoms with Gasteiger partial charge in [-0.1, -0.05) is 36.4 Å². The van der Waals surface area contributed by atoms with E-state index in [1.165, 1.54) is 18.2 Å². The fourth-order valence-corrected chi connectivity index (χ4v) is 3.53. The van der Waals surface area contributed by atoms with Crippen molar-refractivity contribution in [1.29, 1.82) is 0 Å². The molecule has 0 saturated heterocycles. The number of carbonyl (C=O) groups is 1. The van der Waals surface area contributed by atoms with E-state index in [1.807, 2.05) is 30.5 Å². The van der Waals surface area contributed by atoms with E-state index < -0.39 is 6.03 Å². The molecule has 1 atom stereocenters. The molecule has 1 aromatic heterocycles. The molecule has 1 unspecified atom stereocenters. The molecule has 0 bridgehead atoms. The number of para-hydroxylation sites is 1. The number of carbonyl (C=O) groups excluding carboxylic acids is 1. The molecule has 4 rings (SSSR count). The summed E-state index contributed by atoms with van der Waals surface area (Å²) in [7, 11) is 0. The number of hydrogen-bond acceptors (Lipinski definition) is 1. The van der Waals surface area contributed by atoms with E-state index in [9.17, 15) is 13.6 Å². The van der Waals surface area contributed by atoms with Crippen LogP contribution in [0.25, 0.3) is 10.9 Å². The van der Waals surface area contributed by atoms with Gasteiger partial charge < -0.3 is 15.6 Å². The SMILES string of the molecule is Cc1ccc(NC(=O)NCC(c2ccc(F)cc2)c2c[nH]c3ccccc23)cc1F. The highest BCUT2D eigenvalue weighted by molar-refractivity contribution is 5.89. The fourth-order valence-electron chi connectivity index (χ4n) is 3.53. The van der Waals surface area contributed by atoms with Crippen molar-refractivity contribution >= 4 is 22.6 Å². The molecule has 4 aromatic rings. The van der Waals surface area contributed by atoms with E-state index in [2.05, 4.69) is 15.6 Å². The van der Waals surface area contributed by atoms with Crippen molar-refractivity contribution < 1.29 is 13.6 Å². The Morgan fingerprint density at radius 1 is 1.03 bits per heavy atom. The minimum atomic E-state index is -0.440. The van der Waals surface area contributed by atoms with E-state index in [0.29, 0.717) is 11.3 Å². The summed E-state index contributed by atoms with van der Waals surface area (Å²) in [5.74, 6) is -0.887. The number of aromatic nitrogens is 1. The van der Waals surface area contributed by atoms with Crippen LogP contribution in [0.1, 0.15) is 22.6 Å². The average molecular weight is 405 g/mol. The number of aromatic amines is 1. The zero-order valence-electron chi connectivity index (χ0n) is 16.4. The van der Waals surface area contributed by atoms with Crippen LogP contribution in [0.5, 0.6) is 0 Å². The highest BCUT2D eigenvalue weighted by Gasteiger charge is 2.19. The lowest BCUT2D eigenvalue weighted by molar-refractivity contribution is 0.252. The predicted molar refractivity (Wildman–Crippen MR) is 115 cm³/mol. The molecule has 0 aliphatic rings. The Balaban J connectivity index is 1.56. The molecule has 0 saturated carbocycles. The summed E-state index contributed by atoms with van der Waals surface area (Å²) < 4.78 is 27.2. The Hall–Kier alpha value is -3.67. The molecule has 0 radical (unpaired) electrons. The zero-order valence-corrected chi connectivity index (χ0v) is 16.4. The highest BCUT2D eigenvalue weighted by Crippen LogP contribution is 2.30. The van der Waals surface area contributed by atoms with Crippen LogP contribution in [0, 0.1) is 18.6 Å². The summed E-state index contributed by atoms with van der Waals surface area (Å²) in [6.45, 7) is 1.95. The third kappa shape index (κ3) is 4.17. The number of benzene rings is 3. The molecule has 2 amide bonds. The van der Waals surface area contributed by atoms with Gasteiger partial charge in [-0.3, -0.25) is 0 Å². The van der Waals surface area contributed by atoms with Gasteiger partial charge in [0.1, 0.15) is 11.6 Å². The molecule has 1 heterocycles. The molecule has 0 aliphatic carbocycles. The Kier molecular flexibility index (Phi) is 5.48. The van der Waals surface area contributed by atoms with Crippen molar-refractivity contribution in [1.82, 2.24) is 10.3 Å². The molecule has 0 aliphatic heterocycles. The van der Waals surface area contributed by atoms with Crippen LogP contribution in [0.3, 0.4) is 0 Å². The smallest absolute Gasteiger partial charge is 0.319 e. The number of halogens is 2. The summed E-state index contributed by atoms with van der Waals surface area (Å²) >= 11 is 0. The van der Waals surface area contributed by atoms with Gasteiger partial charge in [0.05, 0.1) is 0 Å². The van der Waals surface area contributed by atoms with Gasteiger partial charge in [0.2, 0.25) is 0 Å². The van der Waals surface area contributed by atoms with Crippen molar-refractivity contribution in [3.63, 3.8) is 0 Å². The van der Waals surface area contributed by atoms with Gasteiger partial charge in [0.15, 0.2) is 0 Å². The van der Waals surface area contributed by atoms with Crippen LogP contribution in [0.4, 0.5) is 19.3 Å². The number of aryl methyl sites for hydroxylation is 1. The van der Waals surface area contributed by atoms with Crippen LogP contribution in [-0.2, 0) is 0 Å². The van der Waals surface area contributed by atoms with Crippen molar-refractivity contribution in [3.8, 4) is 0 Å². The third-order valence-electron chi connectivity index (χ3n) is 5.17. The first kappa shape index (κ1) is 19.6. The van der Waals surface area contributed by atoms with Gasteiger partial charge in [-0.05, 0) is 53.9 Å². The van der Waals surface area contributed by atoms with E-state index in [1.54, 1.807) is 31.2 Å². The number of anilines is 1. The lowest BCUT2D eigenvalue weighted by atomic mass is 9.91. The summed E-state index contributed by atoms with van der Waals surface area (Å²) in [6, 6.07) is 18.2. The van der Waals surface area contributed by atoms with E-state index >= 15 is 0 Å². The first-order chi connectivity index (χ1) is 14.5. The Morgan fingerprint density at radius 2 is 1.80 bits per heavy atom. The Morgan fingerprint density at radius 3 is 2.57 bits per heavy atom. The maximum absolute atomic E-state index is 13.7. The highest BCUT2D eigenvalue weighted by atomic mass is 19.1. The van der Waals surface area contributed by atoms with Gasteiger partial charge in [0, 0.05) is 35.2 Å². The van der Waals surface area contributed by atoms with Crippen LogP contribution in [-0.4, -0.2) is 17.6 Å². The van der Waals surface area contributed by atoms with Crippen LogP contribution in [0.15, 0.2) is 72.9 Å². The monoisotopic (exact) mass is 405 g/mol. The van der Waals surface area contributed by atoms with Crippen molar-refractivity contribution in [2.24, 2.45) is 0 Å². The maximum Gasteiger partial charge on any atom is 0.319 e. The molecule has 4 nitrogen and oxygen atoms in total. The second-order valence-electron chi connectivity index (χ2n) is 7.19. The maximum atomic E-state index is 13.7. The number of rotatable bonds is 5. The van der Waals surface area contributed by atoms with E-state index in [-0.39, 0.29) is 24.1 Å². The van der Waals surface area contributed by atoms with E-state index in [0.717, 1.165) is 22.0 Å². The number of H-pyrrole nitrogens is 1. The van der Waals surface area contributed by atoms with Crippen LogP contribution in [0.2, 0.25) is 0 Å². The van der Waals surface area contributed by atoms with Gasteiger partial charge >= 0.3 is 6.03 Å². The average Bonchev–Trinajstić information content (AvgIpc) is 3.16. The molecule has 3 aromatic carbocycles. The number of nitrogens with one attached hydrogen (secondary N) is 3. The zero-order chi connectivity index (χ0) is 21.1. The first-order valence-corrected chi connectivity index (χ1v) is 9.64. The summed E-state index contributed by atoms with van der Waals surface area (Å²) in [5.41, 5.74) is 3.75. The Bertz CT molecular complexity index is 1180. The minimum absolute atomic E-state index is 0.192. The molecule has 152 valence electrons. The largest absolute Gasteiger partial charge is 0.361 e. The summed E-state index contributed by atoms with van der Waals surface area (Å²) in [4.78, 5) is 15.7.